The fourth-order valence-corrected chi connectivity index (χ4v) is 4.16. The maximum atomic E-state index is 2.37. The minimum absolute atomic E-state index is 0. The van der Waals surface area contributed by atoms with Crippen molar-refractivity contribution in [3.63, 3.8) is 0 Å². The molecule has 0 amide bonds. The summed E-state index contributed by atoms with van der Waals surface area (Å²) in [4.78, 5) is 0. The van der Waals surface area contributed by atoms with Crippen LogP contribution in [0.25, 0.3) is 0 Å². The predicted octanol–water partition coefficient (Wildman–Crippen LogP) is -4.88. The van der Waals surface area contributed by atoms with Crippen molar-refractivity contribution in [1.82, 2.24) is 0 Å². The average molecular weight is 330 g/mol. The van der Waals surface area contributed by atoms with Crippen LogP contribution in [0.2, 0.25) is 0 Å². The van der Waals surface area contributed by atoms with Gasteiger partial charge in [-0.3, -0.25) is 0 Å². The monoisotopic (exact) mass is 328 g/mol. The molecule has 17 heavy (non-hydrogen) atoms. The van der Waals surface area contributed by atoms with Crippen LogP contribution in [-0.4, -0.2) is 0 Å². The molecule has 1 atom stereocenters. The summed E-state index contributed by atoms with van der Waals surface area (Å²) in [6.45, 7) is 4.65. The Kier molecular flexibility index (Phi) is 10.8. The molecule has 0 N–H and O–H groups in total. The first-order valence-electron chi connectivity index (χ1n) is 5.96. The molecule has 0 saturated carbocycles. The molecule has 2 aliphatic carbocycles. The first-order valence-corrected chi connectivity index (χ1v) is 6.74. The summed E-state index contributed by atoms with van der Waals surface area (Å²) in [7, 11) is 0. The summed E-state index contributed by atoms with van der Waals surface area (Å²) in [5.74, 6) is 0.820. The van der Waals surface area contributed by atoms with Gasteiger partial charge in [0.25, 0.3) is 0 Å². The third-order valence-electron chi connectivity index (χ3n) is 3.73. The molecule has 0 fully saturated rings. The third kappa shape index (κ3) is 3.77. The number of halogens is 3. The first kappa shape index (κ1) is 20.4. The van der Waals surface area contributed by atoms with E-state index >= 15 is 0 Å². The van der Waals surface area contributed by atoms with Gasteiger partial charge in [-0.25, -0.2) is 0 Å². The summed E-state index contributed by atoms with van der Waals surface area (Å²) >= 11 is 2.37. The zero-order chi connectivity index (χ0) is 10.1. The van der Waals surface area contributed by atoms with Crippen LogP contribution in [0.4, 0.5) is 0 Å². The van der Waals surface area contributed by atoms with E-state index in [2.05, 4.69) is 34.3 Å². The molecule has 0 radical (unpaired) electrons. The molecule has 2 aliphatic rings. The van der Waals surface area contributed by atoms with E-state index in [0.29, 0.717) is 0 Å². The Morgan fingerprint density at radius 3 is 2.18 bits per heavy atom. The van der Waals surface area contributed by atoms with E-state index < -0.39 is 0 Å². The van der Waals surface area contributed by atoms with Gasteiger partial charge in [0.15, 0.2) is 0 Å². The Morgan fingerprint density at radius 2 is 1.65 bits per heavy atom. The van der Waals surface area contributed by atoms with Crippen LogP contribution in [0.15, 0.2) is 20.6 Å². The molecule has 0 saturated heterocycles. The Morgan fingerprint density at radius 1 is 1.06 bits per heavy atom. The maximum absolute atomic E-state index is 2.37. The number of allylic oxidation sites excluding steroid dienone is 4. The third-order valence-corrected chi connectivity index (χ3v) is 4.75. The van der Waals surface area contributed by atoms with E-state index in [0.717, 1.165) is 5.92 Å². The SMILES string of the molecule is CCC1=[C]([Ti+3])C(CC)C2=C1CCCC2.[Cl-].[Cl-].[Cl-]. The van der Waals surface area contributed by atoms with E-state index in [1.165, 1.54) is 38.5 Å². The van der Waals surface area contributed by atoms with E-state index in [1.807, 2.05) is 5.57 Å². The molecule has 1 unspecified atom stereocenters. The topological polar surface area (TPSA) is 0 Å². The van der Waals surface area contributed by atoms with Crippen LogP contribution in [0, 0.1) is 5.92 Å². The molecule has 0 aromatic heterocycles. The van der Waals surface area contributed by atoms with Gasteiger partial charge in [0.2, 0.25) is 0 Å². The van der Waals surface area contributed by atoms with Crippen molar-refractivity contribution in [2.75, 3.05) is 0 Å². The van der Waals surface area contributed by atoms with Crippen LogP contribution >= 0.6 is 0 Å². The quantitative estimate of drug-likeness (QED) is 0.446. The van der Waals surface area contributed by atoms with E-state index in [-0.39, 0.29) is 37.2 Å². The van der Waals surface area contributed by atoms with Gasteiger partial charge >= 0.3 is 99.3 Å². The molecule has 0 nitrogen and oxygen atoms in total. The molecule has 0 aromatic carbocycles. The normalized spacial score (nSPS) is 22.5. The molecule has 96 valence electrons. The van der Waals surface area contributed by atoms with Crippen LogP contribution in [0.3, 0.4) is 0 Å². The van der Waals surface area contributed by atoms with Crippen LogP contribution in [-0.2, 0) is 20.4 Å². The molecule has 0 aromatic rings. The second-order valence-electron chi connectivity index (χ2n) is 4.42. The van der Waals surface area contributed by atoms with E-state index in [4.69, 9.17) is 0 Å². The maximum Gasteiger partial charge on any atom is -1.00 e. The van der Waals surface area contributed by atoms with Crippen molar-refractivity contribution in [2.45, 2.75) is 52.4 Å². The molecule has 0 heterocycles. The molecule has 0 aliphatic heterocycles. The predicted molar refractivity (Wildman–Crippen MR) is 56.6 cm³/mol. The van der Waals surface area contributed by atoms with Crippen molar-refractivity contribution >= 4 is 0 Å². The Bertz CT molecular complexity index is 308. The zero-order valence-electron chi connectivity index (χ0n) is 10.5. The smallest absolute Gasteiger partial charge is 1.00 e. The summed E-state index contributed by atoms with van der Waals surface area (Å²) in [5.41, 5.74) is 5.29. The standard InChI is InChI=1S/C13H19.3ClH.Ti/c1-3-10-9-11(4-2)13-8-6-5-7-12(10)13;;;;/h10H,3-8H2,1-2H3;3*1H;/q;;;;+3/p-3. The van der Waals surface area contributed by atoms with Gasteiger partial charge in [-0.05, 0) is 0 Å². The van der Waals surface area contributed by atoms with Gasteiger partial charge in [-0.15, -0.1) is 0 Å². The average Bonchev–Trinajstić information content (AvgIpc) is 2.49. The van der Waals surface area contributed by atoms with E-state index in [1.54, 1.807) is 15.0 Å². The van der Waals surface area contributed by atoms with Gasteiger partial charge in [0.05, 0.1) is 0 Å². The largest absolute Gasteiger partial charge is 1.00 e. The molecule has 4 heteroatoms. The summed E-state index contributed by atoms with van der Waals surface area (Å²) < 4.78 is 1.70. The Labute approximate surface area is 136 Å². The fraction of sp³-hybridized carbons (Fsp3) is 0.692. The van der Waals surface area contributed by atoms with Gasteiger partial charge in [-0.2, -0.15) is 0 Å². The minimum atomic E-state index is 0. The Balaban J connectivity index is 0. The zero-order valence-corrected chi connectivity index (χ0v) is 14.3. The molecule has 2 rings (SSSR count). The first-order chi connectivity index (χ1) is 6.79. The molecule has 0 spiro atoms. The van der Waals surface area contributed by atoms with Crippen molar-refractivity contribution in [1.29, 1.82) is 0 Å². The van der Waals surface area contributed by atoms with Crippen LogP contribution in [0.5, 0.6) is 0 Å². The van der Waals surface area contributed by atoms with Gasteiger partial charge in [0, 0.05) is 0 Å². The van der Waals surface area contributed by atoms with Crippen molar-refractivity contribution in [3.05, 3.63) is 20.6 Å². The molecular weight excluding hydrogens is 310 g/mol. The number of rotatable bonds is 2. The Hall–Kier alpha value is 1.06. The van der Waals surface area contributed by atoms with Crippen LogP contribution < -0.4 is 37.2 Å². The number of hydrogen-bond acceptors (Lipinski definition) is 0. The fourth-order valence-electron chi connectivity index (χ4n) is 3.06. The number of hydrogen-bond donors (Lipinski definition) is 0. The second kappa shape index (κ2) is 9.05. The summed E-state index contributed by atoms with van der Waals surface area (Å²) in [6, 6.07) is 0. The van der Waals surface area contributed by atoms with E-state index in [9.17, 15) is 0 Å². The summed E-state index contributed by atoms with van der Waals surface area (Å²) in [6.07, 6.45) is 8.17. The van der Waals surface area contributed by atoms with Crippen molar-refractivity contribution in [3.8, 4) is 0 Å². The van der Waals surface area contributed by atoms with Crippen LogP contribution in [0.1, 0.15) is 52.4 Å². The minimum Gasteiger partial charge on any atom is -1.00 e. The van der Waals surface area contributed by atoms with Crippen molar-refractivity contribution < 1.29 is 57.7 Å². The second-order valence-corrected chi connectivity index (χ2v) is 5.26. The van der Waals surface area contributed by atoms with Crippen molar-refractivity contribution in [2.24, 2.45) is 5.92 Å². The molecule has 0 bridgehead atoms. The summed E-state index contributed by atoms with van der Waals surface area (Å²) in [5, 5.41) is 0. The van der Waals surface area contributed by atoms with Gasteiger partial charge in [-0.1, -0.05) is 0 Å². The van der Waals surface area contributed by atoms with Gasteiger partial charge in [0.1, 0.15) is 0 Å². The molecular formula is C13H19Cl3Ti. The van der Waals surface area contributed by atoms with Gasteiger partial charge < -0.3 is 37.2 Å².